The number of hydrogen-bond acceptors (Lipinski definition) is 3. The van der Waals surface area contributed by atoms with Gasteiger partial charge in [0.2, 0.25) is 5.91 Å². The molecule has 0 saturated heterocycles. The Morgan fingerprint density at radius 3 is 2.48 bits per heavy atom. The van der Waals surface area contributed by atoms with Gasteiger partial charge in [0.05, 0.1) is 6.04 Å². The molecule has 0 aromatic carbocycles. The Morgan fingerprint density at radius 2 is 2.00 bits per heavy atom. The van der Waals surface area contributed by atoms with Crippen LogP contribution in [0.4, 0.5) is 0 Å². The van der Waals surface area contributed by atoms with Gasteiger partial charge in [0.25, 0.3) is 0 Å². The minimum atomic E-state index is -0.429. The number of ketones is 1. The van der Waals surface area contributed by atoms with E-state index in [1.54, 1.807) is 0 Å². The Balaban J connectivity index is 4.01. The van der Waals surface area contributed by atoms with Crippen LogP contribution in [0.25, 0.3) is 5.32 Å². The largest absolute Gasteiger partial charge is 0.454 e. The molecule has 0 aliphatic heterocycles. The van der Waals surface area contributed by atoms with Crippen LogP contribution in [0.5, 0.6) is 0 Å². The van der Waals surface area contributed by atoms with Gasteiger partial charge in [0.15, 0.2) is 5.78 Å². The summed E-state index contributed by atoms with van der Waals surface area (Å²) < 4.78 is 4.17. The first kappa shape index (κ1) is 19.8. The summed E-state index contributed by atoms with van der Waals surface area (Å²) in [5, 5.41) is 6.94. The number of guanidine groups is 1. The smallest absolute Gasteiger partial charge is 0.223 e. The second-order valence-electron chi connectivity index (χ2n) is 5.31. The van der Waals surface area contributed by atoms with Crippen LogP contribution in [0, 0.1) is 5.92 Å². The van der Waals surface area contributed by atoms with E-state index in [-0.39, 0.29) is 23.7 Å². The van der Waals surface area contributed by atoms with Crippen LogP contribution in [-0.4, -0.2) is 43.6 Å². The fourth-order valence-electron chi connectivity index (χ4n) is 1.76. The van der Waals surface area contributed by atoms with Crippen LogP contribution >= 0.6 is 8.07 Å². The first-order chi connectivity index (χ1) is 9.77. The number of carbonyl (C=O) groups excluding carboxylic acids is 2. The molecule has 0 aromatic rings. The Hall–Kier alpha value is -1.16. The van der Waals surface area contributed by atoms with E-state index in [0.29, 0.717) is 25.3 Å². The summed E-state index contributed by atoms with van der Waals surface area (Å²) in [5.74, 6) is 0.115. The van der Waals surface area contributed by atoms with Crippen molar-refractivity contribution < 1.29 is 9.59 Å². The number of carbonyl (C=O) groups is 2. The zero-order valence-corrected chi connectivity index (χ0v) is 14.6. The molecule has 0 spiro atoms. The standard InChI is InChI=1S/C14H29N4O2P/c1-6-12(11(3)19)17-13(20)10(2)8-7-9-16-14(15)18-21(4)5/h10,12H,6-9H2,1-5H3,(H4,15,16,17,18,20)/p-1/t10-,12-/m0/s1. The third kappa shape index (κ3) is 9.40. The number of nitrogens with two attached hydrogens (primary N) is 1. The fourth-order valence-corrected chi connectivity index (χ4v) is 2.24. The number of nitrogens with one attached hydrogen (secondary N) is 1. The molecular weight excluding hydrogens is 287 g/mol. The van der Waals surface area contributed by atoms with Crippen molar-refractivity contribution in [3.05, 3.63) is 5.32 Å². The molecule has 1 amide bonds. The van der Waals surface area contributed by atoms with Crippen LogP contribution < -0.4 is 11.1 Å². The van der Waals surface area contributed by atoms with Crippen molar-refractivity contribution in [2.75, 3.05) is 19.9 Å². The van der Waals surface area contributed by atoms with Gasteiger partial charge >= 0.3 is 0 Å². The Bertz CT molecular complexity index is 372. The maximum atomic E-state index is 12.0. The highest BCUT2D eigenvalue weighted by molar-refractivity contribution is 7.54. The van der Waals surface area contributed by atoms with Crippen LogP contribution in [0.15, 0.2) is 4.76 Å². The third-order valence-electron chi connectivity index (χ3n) is 3.03. The molecule has 0 rings (SSSR count). The van der Waals surface area contributed by atoms with Crippen molar-refractivity contribution in [1.82, 2.24) is 5.32 Å². The zero-order valence-electron chi connectivity index (χ0n) is 13.7. The summed E-state index contributed by atoms with van der Waals surface area (Å²) in [6, 6.07) is -0.374. The molecule has 0 heterocycles. The van der Waals surface area contributed by atoms with Gasteiger partial charge in [-0.3, -0.25) is 9.59 Å². The molecule has 0 aromatic heterocycles. The van der Waals surface area contributed by atoms with Crippen molar-refractivity contribution in [2.45, 2.75) is 46.1 Å². The average Bonchev–Trinajstić information content (AvgIpc) is 2.39. The van der Waals surface area contributed by atoms with E-state index >= 15 is 0 Å². The van der Waals surface area contributed by atoms with E-state index in [0.717, 1.165) is 6.42 Å². The number of hydrogen-bond donors (Lipinski definition) is 2. The SMILES string of the molecule is CC[C@H](NC(=O)[C@@H](C)CCC[N-]/C(N)=N/P(C)C)C(C)=O. The lowest BCUT2D eigenvalue weighted by molar-refractivity contribution is -0.129. The van der Waals surface area contributed by atoms with E-state index in [1.807, 2.05) is 27.2 Å². The molecule has 122 valence electrons. The summed E-state index contributed by atoms with van der Waals surface area (Å²) in [4.78, 5) is 23.3. The molecule has 6 nitrogen and oxygen atoms in total. The maximum Gasteiger partial charge on any atom is 0.223 e. The lowest BCUT2D eigenvalue weighted by atomic mass is 10.0. The molecule has 0 saturated carbocycles. The van der Waals surface area contributed by atoms with Crippen molar-refractivity contribution in [2.24, 2.45) is 16.4 Å². The Labute approximate surface area is 129 Å². The highest BCUT2D eigenvalue weighted by atomic mass is 31.1. The number of Topliss-reactive ketones (excluding diaryl/α,β-unsaturated/α-hetero) is 1. The van der Waals surface area contributed by atoms with E-state index in [9.17, 15) is 9.59 Å². The van der Waals surface area contributed by atoms with Gasteiger partial charge < -0.3 is 21.1 Å². The fraction of sp³-hybridized carbons (Fsp3) is 0.786. The summed E-state index contributed by atoms with van der Waals surface area (Å²) in [5.41, 5.74) is 5.65. The van der Waals surface area contributed by atoms with Crippen LogP contribution in [0.1, 0.15) is 40.0 Å². The summed E-state index contributed by atoms with van der Waals surface area (Å²) >= 11 is 0. The van der Waals surface area contributed by atoms with Crippen molar-refractivity contribution in [3.8, 4) is 0 Å². The summed E-state index contributed by atoms with van der Waals surface area (Å²) in [7, 11) is -0.429. The van der Waals surface area contributed by atoms with Crippen molar-refractivity contribution >= 4 is 25.7 Å². The Morgan fingerprint density at radius 1 is 1.38 bits per heavy atom. The molecule has 3 N–H and O–H groups in total. The predicted octanol–water partition coefficient (Wildman–Crippen LogP) is 2.23. The van der Waals surface area contributed by atoms with Crippen molar-refractivity contribution in [3.63, 3.8) is 0 Å². The summed E-state index contributed by atoms with van der Waals surface area (Å²) in [6.07, 6.45) is 2.10. The second-order valence-corrected chi connectivity index (χ2v) is 7.20. The van der Waals surface area contributed by atoms with E-state index < -0.39 is 8.07 Å². The number of nitrogens with zero attached hydrogens (tertiary/aromatic N) is 2. The molecule has 0 aliphatic carbocycles. The molecule has 2 atom stereocenters. The third-order valence-corrected chi connectivity index (χ3v) is 3.64. The highest BCUT2D eigenvalue weighted by Crippen LogP contribution is 2.26. The van der Waals surface area contributed by atoms with Gasteiger partial charge in [-0.2, -0.15) is 0 Å². The van der Waals surface area contributed by atoms with Crippen LogP contribution in [0.2, 0.25) is 0 Å². The monoisotopic (exact) mass is 315 g/mol. The molecule has 0 aliphatic rings. The predicted molar refractivity (Wildman–Crippen MR) is 89.9 cm³/mol. The van der Waals surface area contributed by atoms with E-state index in [4.69, 9.17) is 5.73 Å². The number of amides is 1. The molecule has 21 heavy (non-hydrogen) atoms. The quantitative estimate of drug-likeness (QED) is 0.295. The highest BCUT2D eigenvalue weighted by Gasteiger charge is 2.18. The Kier molecular flexibility index (Phi) is 9.97. The first-order valence-electron chi connectivity index (χ1n) is 7.27. The molecule has 7 heteroatoms. The molecule has 0 radical (unpaired) electrons. The molecule has 0 unspecified atom stereocenters. The van der Waals surface area contributed by atoms with Gasteiger partial charge in [0.1, 0.15) is 0 Å². The lowest BCUT2D eigenvalue weighted by Crippen LogP contribution is -2.41. The summed E-state index contributed by atoms with van der Waals surface area (Å²) in [6.45, 7) is 9.81. The molecule has 0 fully saturated rings. The van der Waals surface area contributed by atoms with Gasteiger partial charge in [-0.05, 0) is 46.1 Å². The zero-order chi connectivity index (χ0) is 16.4. The first-order valence-corrected chi connectivity index (χ1v) is 9.46. The normalized spacial score (nSPS) is 14.7. The molecular formula is C14H28N4O2P-. The van der Waals surface area contributed by atoms with Crippen LogP contribution in [-0.2, 0) is 9.59 Å². The van der Waals surface area contributed by atoms with E-state index in [2.05, 4.69) is 15.4 Å². The van der Waals surface area contributed by atoms with Gasteiger partial charge in [-0.1, -0.05) is 21.9 Å². The number of rotatable bonds is 9. The van der Waals surface area contributed by atoms with Gasteiger partial charge in [-0.15, -0.1) is 0 Å². The maximum absolute atomic E-state index is 12.0. The minimum absolute atomic E-state index is 0.00679. The lowest BCUT2D eigenvalue weighted by Gasteiger charge is -2.18. The van der Waals surface area contributed by atoms with Gasteiger partial charge in [-0.25, -0.2) is 0 Å². The van der Waals surface area contributed by atoms with Crippen LogP contribution in [0.3, 0.4) is 0 Å². The van der Waals surface area contributed by atoms with Gasteiger partial charge in [0, 0.05) is 11.9 Å². The minimum Gasteiger partial charge on any atom is -0.454 e. The molecule has 0 bridgehead atoms. The topological polar surface area (TPSA) is 98.7 Å². The average molecular weight is 315 g/mol. The second kappa shape index (κ2) is 10.6. The van der Waals surface area contributed by atoms with Crippen molar-refractivity contribution in [1.29, 1.82) is 0 Å². The van der Waals surface area contributed by atoms with E-state index in [1.165, 1.54) is 6.92 Å².